The Balaban J connectivity index is 2.10. The van der Waals surface area contributed by atoms with Crippen molar-refractivity contribution in [3.05, 3.63) is 0 Å². The monoisotopic (exact) mass is 303 g/mol. The highest BCUT2D eigenvalue weighted by molar-refractivity contribution is 9.09. The van der Waals surface area contributed by atoms with Gasteiger partial charge in [0.25, 0.3) is 0 Å². The van der Waals surface area contributed by atoms with Crippen LogP contribution < -0.4 is 5.32 Å². The lowest BCUT2D eigenvalue weighted by Crippen LogP contribution is -2.37. The van der Waals surface area contributed by atoms with Gasteiger partial charge in [-0.15, -0.1) is 0 Å². The summed E-state index contributed by atoms with van der Waals surface area (Å²) in [5.41, 5.74) is 0. The number of hydrogen-bond acceptors (Lipinski definition) is 1. The molecule has 0 aliphatic heterocycles. The van der Waals surface area contributed by atoms with E-state index in [-0.39, 0.29) is 5.91 Å². The highest BCUT2D eigenvalue weighted by Crippen LogP contribution is 2.27. The molecule has 1 aliphatic rings. The van der Waals surface area contributed by atoms with Crippen LogP contribution in [0.2, 0.25) is 0 Å². The fourth-order valence-electron chi connectivity index (χ4n) is 2.68. The maximum Gasteiger partial charge on any atom is 0.220 e. The smallest absolute Gasteiger partial charge is 0.220 e. The van der Waals surface area contributed by atoms with Crippen molar-refractivity contribution in [2.75, 3.05) is 5.33 Å². The lowest BCUT2D eigenvalue weighted by atomic mass is 9.83. The summed E-state index contributed by atoms with van der Waals surface area (Å²) in [4.78, 5) is 11.7. The molecule has 1 rings (SSSR count). The van der Waals surface area contributed by atoms with Crippen molar-refractivity contribution in [3.8, 4) is 0 Å². The quantitative estimate of drug-likeness (QED) is 0.558. The van der Waals surface area contributed by atoms with E-state index in [1.54, 1.807) is 0 Å². The van der Waals surface area contributed by atoms with Crippen LogP contribution >= 0.6 is 15.9 Å². The van der Waals surface area contributed by atoms with E-state index in [9.17, 15) is 4.79 Å². The second-order valence-corrected chi connectivity index (χ2v) is 6.01. The first-order valence-electron chi connectivity index (χ1n) is 7.11. The molecule has 0 aromatic heterocycles. The molecule has 0 saturated heterocycles. The minimum absolute atomic E-state index is 0.255. The number of halogens is 1. The molecule has 2 nitrogen and oxygen atoms in total. The zero-order valence-electron chi connectivity index (χ0n) is 11.0. The molecular weight excluding hydrogens is 278 g/mol. The van der Waals surface area contributed by atoms with Crippen molar-refractivity contribution in [3.63, 3.8) is 0 Å². The molecular formula is C14H26BrNO. The molecule has 0 unspecified atom stereocenters. The first-order chi connectivity index (χ1) is 8.26. The van der Waals surface area contributed by atoms with Crippen LogP contribution in [0, 0.1) is 5.92 Å². The number of unbranched alkanes of at least 4 members (excludes halogenated alkanes) is 1. The third-order valence-corrected chi connectivity index (χ3v) is 4.26. The number of rotatable bonds is 7. The topological polar surface area (TPSA) is 29.1 Å². The Bertz CT molecular complexity index is 212. The van der Waals surface area contributed by atoms with Crippen molar-refractivity contribution in [2.45, 2.75) is 70.8 Å². The van der Waals surface area contributed by atoms with Crippen molar-refractivity contribution < 1.29 is 4.79 Å². The van der Waals surface area contributed by atoms with E-state index in [1.165, 1.54) is 38.5 Å². The van der Waals surface area contributed by atoms with Gasteiger partial charge in [-0.25, -0.2) is 0 Å². The molecule has 0 radical (unpaired) electrons. The summed E-state index contributed by atoms with van der Waals surface area (Å²) in [6.07, 6.45) is 10.4. The van der Waals surface area contributed by atoms with Crippen molar-refractivity contribution in [1.29, 1.82) is 0 Å². The molecule has 17 heavy (non-hydrogen) atoms. The molecule has 1 saturated carbocycles. The summed E-state index contributed by atoms with van der Waals surface area (Å²) in [5, 5.41) is 4.19. The van der Waals surface area contributed by atoms with Crippen LogP contribution in [0.4, 0.5) is 0 Å². The van der Waals surface area contributed by atoms with E-state index in [0.29, 0.717) is 12.5 Å². The lowest BCUT2D eigenvalue weighted by Gasteiger charge is -2.29. The SMILES string of the molecule is CCCC1CCC(NC(=O)CCCCBr)CC1. The van der Waals surface area contributed by atoms with Gasteiger partial charge in [-0.2, -0.15) is 0 Å². The average molecular weight is 304 g/mol. The van der Waals surface area contributed by atoms with E-state index >= 15 is 0 Å². The first-order valence-corrected chi connectivity index (χ1v) is 8.23. The summed E-state index contributed by atoms with van der Waals surface area (Å²) in [6, 6.07) is 0.458. The van der Waals surface area contributed by atoms with Gasteiger partial charge in [0.2, 0.25) is 5.91 Å². The Kier molecular flexibility index (Phi) is 7.91. The molecule has 100 valence electrons. The van der Waals surface area contributed by atoms with Gasteiger partial charge in [-0.1, -0.05) is 35.7 Å². The van der Waals surface area contributed by atoms with Crippen molar-refractivity contribution >= 4 is 21.8 Å². The van der Waals surface area contributed by atoms with Gasteiger partial charge in [-0.05, 0) is 44.4 Å². The van der Waals surface area contributed by atoms with Gasteiger partial charge in [0.1, 0.15) is 0 Å². The Morgan fingerprint density at radius 2 is 1.94 bits per heavy atom. The standard InChI is InChI=1S/C14H26BrNO/c1-2-5-12-7-9-13(10-8-12)16-14(17)6-3-4-11-15/h12-13H,2-11H2,1H3,(H,16,17). The fourth-order valence-corrected chi connectivity index (χ4v) is 3.08. The third-order valence-electron chi connectivity index (χ3n) is 3.70. The number of carbonyl (C=O) groups excluding carboxylic acids is 1. The number of nitrogens with one attached hydrogen (secondary N) is 1. The summed E-state index contributed by atoms with van der Waals surface area (Å²) in [5.74, 6) is 1.17. The van der Waals surface area contributed by atoms with E-state index in [2.05, 4.69) is 28.2 Å². The van der Waals surface area contributed by atoms with E-state index in [1.807, 2.05) is 0 Å². The normalized spacial score (nSPS) is 24.6. The minimum atomic E-state index is 0.255. The van der Waals surface area contributed by atoms with Gasteiger partial charge in [0, 0.05) is 17.8 Å². The molecule has 0 atom stereocenters. The van der Waals surface area contributed by atoms with Crippen LogP contribution in [-0.2, 0) is 4.79 Å². The zero-order valence-corrected chi connectivity index (χ0v) is 12.6. The number of alkyl halides is 1. The Hall–Kier alpha value is -0.0500. The van der Waals surface area contributed by atoms with Crippen molar-refractivity contribution in [2.24, 2.45) is 5.92 Å². The zero-order chi connectivity index (χ0) is 12.5. The molecule has 0 aromatic carbocycles. The number of amides is 1. The highest BCUT2D eigenvalue weighted by atomic mass is 79.9. The van der Waals surface area contributed by atoms with Crippen LogP contribution in [0.15, 0.2) is 0 Å². The van der Waals surface area contributed by atoms with Crippen molar-refractivity contribution in [1.82, 2.24) is 5.32 Å². The van der Waals surface area contributed by atoms with Gasteiger partial charge in [-0.3, -0.25) is 4.79 Å². The Morgan fingerprint density at radius 1 is 1.24 bits per heavy atom. The Labute approximate surface area is 114 Å². The van der Waals surface area contributed by atoms with E-state index in [0.717, 1.165) is 24.1 Å². The fraction of sp³-hybridized carbons (Fsp3) is 0.929. The first kappa shape index (κ1) is 15.0. The third kappa shape index (κ3) is 6.44. The summed E-state index contributed by atoms with van der Waals surface area (Å²) in [7, 11) is 0. The van der Waals surface area contributed by atoms with Gasteiger partial charge in [0.05, 0.1) is 0 Å². The Morgan fingerprint density at radius 3 is 2.53 bits per heavy atom. The maximum atomic E-state index is 11.7. The van der Waals surface area contributed by atoms with Gasteiger partial charge >= 0.3 is 0 Å². The lowest BCUT2D eigenvalue weighted by molar-refractivity contribution is -0.122. The van der Waals surface area contributed by atoms with E-state index < -0.39 is 0 Å². The molecule has 1 N–H and O–H groups in total. The van der Waals surface area contributed by atoms with E-state index in [4.69, 9.17) is 0 Å². The molecule has 0 aromatic rings. The van der Waals surface area contributed by atoms with Gasteiger partial charge < -0.3 is 5.32 Å². The molecule has 1 amide bonds. The largest absolute Gasteiger partial charge is 0.353 e. The summed E-state index contributed by atoms with van der Waals surface area (Å²) in [6.45, 7) is 2.26. The predicted molar refractivity (Wildman–Crippen MR) is 76.4 cm³/mol. The second kappa shape index (κ2) is 8.96. The van der Waals surface area contributed by atoms with Gasteiger partial charge in [0.15, 0.2) is 0 Å². The van der Waals surface area contributed by atoms with Crippen LogP contribution in [0.5, 0.6) is 0 Å². The minimum Gasteiger partial charge on any atom is -0.353 e. The molecule has 1 fully saturated rings. The van der Waals surface area contributed by atoms with Crippen LogP contribution in [-0.4, -0.2) is 17.3 Å². The highest BCUT2D eigenvalue weighted by Gasteiger charge is 2.21. The number of carbonyl (C=O) groups is 1. The summed E-state index contributed by atoms with van der Waals surface area (Å²) >= 11 is 3.39. The average Bonchev–Trinajstić information content (AvgIpc) is 2.32. The van der Waals surface area contributed by atoms with Crippen LogP contribution in [0.1, 0.15) is 64.7 Å². The summed E-state index contributed by atoms with van der Waals surface area (Å²) < 4.78 is 0. The predicted octanol–water partition coefficient (Wildman–Crippen LogP) is 4.03. The maximum absolute atomic E-state index is 11.7. The molecule has 0 bridgehead atoms. The number of hydrogen-bond donors (Lipinski definition) is 1. The molecule has 3 heteroatoms. The molecule has 1 aliphatic carbocycles. The molecule has 0 spiro atoms. The van der Waals surface area contributed by atoms with Crippen LogP contribution in [0.25, 0.3) is 0 Å². The van der Waals surface area contributed by atoms with Crippen LogP contribution in [0.3, 0.4) is 0 Å². The second-order valence-electron chi connectivity index (χ2n) is 5.22. The molecule has 0 heterocycles.